The number of rotatable bonds is 7. The zero-order chi connectivity index (χ0) is 29.4. The van der Waals surface area contributed by atoms with Gasteiger partial charge in [0.05, 0.1) is 36.6 Å². The number of carbonyl (C=O) groups is 1. The van der Waals surface area contributed by atoms with Crippen LogP contribution in [0.5, 0.6) is 11.5 Å². The molecule has 0 saturated carbocycles. The van der Waals surface area contributed by atoms with Gasteiger partial charge in [0.2, 0.25) is 0 Å². The summed E-state index contributed by atoms with van der Waals surface area (Å²) in [4.78, 5) is 32.6. The van der Waals surface area contributed by atoms with Crippen molar-refractivity contribution in [2.45, 2.75) is 40.7 Å². The number of carbonyl (C=O) groups excluding carboxylic acids is 1. The van der Waals surface area contributed by atoms with Crippen molar-refractivity contribution in [3.8, 4) is 17.2 Å². The molecule has 1 atom stereocenters. The Hall–Kier alpha value is -4.37. The number of fused-ring (bicyclic) bond motifs is 1. The van der Waals surface area contributed by atoms with Gasteiger partial charge in [0.1, 0.15) is 17.5 Å². The van der Waals surface area contributed by atoms with E-state index in [1.165, 1.54) is 16.9 Å². The van der Waals surface area contributed by atoms with Gasteiger partial charge in [-0.3, -0.25) is 9.36 Å². The fraction of sp³-hybridized carbons (Fsp3) is 0.281. The molecule has 0 N–H and O–H groups in total. The minimum Gasteiger partial charge on any atom is -0.497 e. The maximum atomic E-state index is 14.1. The van der Waals surface area contributed by atoms with Crippen LogP contribution in [0.15, 0.2) is 69.6 Å². The summed E-state index contributed by atoms with van der Waals surface area (Å²) in [5, 5.41) is 0. The third-order valence-corrected chi connectivity index (χ3v) is 8.28. The minimum absolute atomic E-state index is 0.193. The predicted molar refractivity (Wildman–Crippen MR) is 160 cm³/mol. The van der Waals surface area contributed by atoms with Gasteiger partial charge in [-0.25, -0.2) is 9.79 Å². The van der Waals surface area contributed by atoms with Crippen LogP contribution in [-0.2, 0) is 9.53 Å². The van der Waals surface area contributed by atoms with E-state index in [0.29, 0.717) is 32.1 Å². The maximum absolute atomic E-state index is 14.1. The summed E-state index contributed by atoms with van der Waals surface area (Å²) in [7, 11) is 3.12. The monoisotopic (exact) mass is 571 g/mol. The maximum Gasteiger partial charge on any atom is 0.338 e. The van der Waals surface area contributed by atoms with Crippen molar-refractivity contribution < 1.29 is 19.0 Å². The van der Waals surface area contributed by atoms with Crippen molar-refractivity contribution in [1.82, 2.24) is 9.13 Å². The molecular weight excluding hydrogens is 538 g/mol. The number of thiazole rings is 1. The fourth-order valence-corrected chi connectivity index (χ4v) is 6.34. The Morgan fingerprint density at radius 3 is 2.41 bits per heavy atom. The second-order valence-corrected chi connectivity index (χ2v) is 10.9. The molecule has 0 saturated heterocycles. The van der Waals surface area contributed by atoms with Gasteiger partial charge in [-0.15, -0.1) is 0 Å². The van der Waals surface area contributed by atoms with Gasteiger partial charge in [-0.1, -0.05) is 29.0 Å². The molecule has 212 valence electrons. The largest absolute Gasteiger partial charge is 0.497 e. The number of hydrogen-bond donors (Lipinski definition) is 0. The molecule has 5 rings (SSSR count). The topological polar surface area (TPSA) is 84.1 Å². The standard InChI is InChI=1S/C32H33N3O5S/c1-8-40-31(37)28-20(4)33-32-35(29(28)25-17-24(38-6)13-14-26(25)39-7)30(36)27(41-32)16-22-15-19(3)34(21(22)5)23-11-9-18(2)10-12-23/h9-17,29H,8H2,1-7H3/b27-16+/t29-/m1/s1. The van der Waals surface area contributed by atoms with E-state index < -0.39 is 12.0 Å². The van der Waals surface area contributed by atoms with Crippen LogP contribution in [0.25, 0.3) is 11.8 Å². The van der Waals surface area contributed by atoms with Gasteiger partial charge in [0.15, 0.2) is 4.80 Å². The van der Waals surface area contributed by atoms with E-state index in [-0.39, 0.29) is 17.7 Å². The summed E-state index contributed by atoms with van der Waals surface area (Å²) >= 11 is 1.29. The summed E-state index contributed by atoms with van der Waals surface area (Å²) in [6, 6.07) is 14.9. The molecule has 9 heteroatoms. The Kier molecular flexibility index (Phi) is 7.73. The number of nitrogens with zero attached hydrogens (tertiary/aromatic N) is 3. The van der Waals surface area contributed by atoms with Crippen molar-refractivity contribution >= 4 is 23.4 Å². The molecule has 3 heterocycles. The Bertz CT molecular complexity index is 1860. The number of benzene rings is 2. The molecule has 0 amide bonds. The summed E-state index contributed by atoms with van der Waals surface area (Å²) < 4.78 is 20.8. The van der Waals surface area contributed by atoms with Gasteiger partial charge in [-0.2, -0.15) is 0 Å². The first-order chi connectivity index (χ1) is 19.7. The number of esters is 1. The minimum atomic E-state index is -0.808. The molecular formula is C32H33N3O5S. The SMILES string of the molecule is CCOC(=O)C1=C(C)N=c2s/c(=C/c3cc(C)n(-c4ccc(C)cc4)c3C)c(=O)n2[C@@H]1c1cc(OC)ccc1OC. The van der Waals surface area contributed by atoms with E-state index in [1.54, 1.807) is 50.8 Å². The van der Waals surface area contributed by atoms with Crippen LogP contribution in [0.3, 0.4) is 0 Å². The molecule has 0 aliphatic carbocycles. The number of aryl methyl sites for hydroxylation is 2. The normalized spacial score (nSPS) is 15.0. The van der Waals surface area contributed by atoms with Crippen LogP contribution in [0.2, 0.25) is 0 Å². The summed E-state index contributed by atoms with van der Waals surface area (Å²) in [5.41, 5.74) is 6.40. The van der Waals surface area contributed by atoms with E-state index in [4.69, 9.17) is 19.2 Å². The average molecular weight is 572 g/mol. The van der Waals surface area contributed by atoms with Crippen LogP contribution >= 0.6 is 11.3 Å². The Morgan fingerprint density at radius 2 is 1.76 bits per heavy atom. The molecule has 2 aromatic carbocycles. The van der Waals surface area contributed by atoms with E-state index in [0.717, 1.165) is 22.6 Å². The van der Waals surface area contributed by atoms with Gasteiger partial charge < -0.3 is 18.8 Å². The zero-order valence-corrected chi connectivity index (χ0v) is 25.1. The van der Waals surface area contributed by atoms with Crippen LogP contribution in [0, 0.1) is 20.8 Å². The molecule has 0 unspecified atom stereocenters. The highest BCUT2D eigenvalue weighted by Gasteiger charge is 2.35. The first-order valence-electron chi connectivity index (χ1n) is 13.4. The smallest absolute Gasteiger partial charge is 0.338 e. The molecule has 0 spiro atoms. The van der Waals surface area contributed by atoms with E-state index in [9.17, 15) is 9.59 Å². The van der Waals surface area contributed by atoms with Gasteiger partial charge >= 0.3 is 5.97 Å². The van der Waals surface area contributed by atoms with Crippen molar-refractivity contribution in [2.24, 2.45) is 4.99 Å². The molecule has 41 heavy (non-hydrogen) atoms. The predicted octanol–water partition coefficient (Wildman–Crippen LogP) is 4.53. The van der Waals surface area contributed by atoms with Crippen LogP contribution in [-0.4, -0.2) is 35.9 Å². The molecule has 2 aromatic heterocycles. The average Bonchev–Trinajstić information content (AvgIpc) is 3.41. The van der Waals surface area contributed by atoms with Crippen LogP contribution < -0.4 is 24.4 Å². The van der Waals surface area contributed by atoms with E-state index >= 15 is 0 Å². The van der Waals surface area contributed by atoms with Gasteiger partial charge in [0, 0.05) is 22.6 Å². The van der Waals surface area contributed by atoms with Crippen molar-refractivity contribution in [2.75, 3.05) is 20.8 Å². The van der Waals surface area contributed by atoms with Gasteiger partial charge in [0.25, 0.3) is 5.56 Å². The Balaban J connectivity index is 1.73. The lowest BCUT2D eigenvalue weighted by Gasteiger charge is -2.26. The highest BCUT2D eigenvalue weighted by atomic mass is 32.1. The quantitative estimate of drug-likeness (QED) is 0.305. The summed E-state index contributed by atoms with van der Waals surface area (Å²) in [6.45, 7) is 9.86. The van der Waals surface area contributed by atoms with Crippen molar-refractivity contribution in [3.63, 3.8) is 0 Å². The third-order valence-electron chi connectivity index (χ3n) is 7.30. The van der Waals surface area contributed by atoms with Crippen LogP contribution in [0.4, 0.5) is 0 Å². The number of methoxy groups -OCH3 is 2. The lowest BCUT2D eigenvalue weighted by Crippen LogP contribution is -2.40. The molecule has 0 radical (unpaired) electrons. The first-order valence-corrected chi connectivity index (χ1v) is 14.2. The zero-order valence-electron chi connectivity index (χ0n) is 24.3. The molecule has 4 aromatic rings. The summed E-state index contributed by atoms with van der Waals surface area (Å²) in [6.07, 6.45) is 1.90. The molecule has 0 fully saturated rings. The highest BCUT2D eigenvalue weighted by Crippen LogP contribution is 2.37. The Labute approximate surface area is 242 Å². The van der Waals surface area contributed by atoms with Gasteiger partial charge in [-0.05, 0) is 82.7 Å². The lowest BCUT2D eigenvalue weighted by molar-refractivity contribution is -0.139. The fourth-order valence-electron chi connectivity index (χ4n) is 5.30. The molecule has 1 aliphatic rings. The van der Waals surface area contributed by atoms with Crippen LogP contribution in [0.1, 0.15) is 48.0 Å². The Morgan fingerprint density at radius 1 is 1.02 bits per heavy atom. The number of ether oxygens (including phenoxy) is 3. The highest BCUT2D eigenvalue weighted by molar-refractivity contribution is 7.07. The third kappa shape index (κ3) is 5.02. The number of allylic oxidation sites excluding steroid dienone is 1. The van der Waals surface area contributed by atoms with E-state index in [1.807, 2.05) is 13.0 Å². The molecule has 1 aliphatic heterocycles. The first kappa shape index (κ1) is 28.2. The molecule has 0 bridgehead atoms. The van der Waals surface area contributed by atoms with Crippen molar-refractivity contribution in [1.29, 1.82) is 0 Å². The van der Waals surface area contributed by atoms with E-state index in [2.05, 4.69) is 48.7 Å². The van der Waals surface area contributed by atoms with Crippen molar-refractivity contribution in [3.05, 3.63) is 108 Å². The lowest BCUT2D eigenvalue weighted by atomic mass is 9.94. The molecule has 8 nitrogen and oxygen atoms in total. The number of aromatic nitrogens is 2. The number of hydrogen-bond acceptors (Lipinski definition) is 7. The second kappa shape index (κ2) is 11.2. The second-order valence-electron chi connectivity index (χ2n) is 9.91. The summed E-state index contributed by atoms with van der Waals surface area (Å²) in [5.74, 6) is 0.562.